The monoisotopic (exact) mass is 293 g/mol. The van der Waals surface area contributed by atoms with E-state index in [4.69, 9.17) is 0 Å². The van der Waals surface area contributed by atoms with Gasteiger partial charge < -0.3 is 5.32 Å². The molecule has 1 heteroatoms. The smallest absolute Gasteiger partial charge is 0.0143 e. The highest BCUT2D eigenvalue weighted by molar-refractivity contribution is 4.99. The molecule has 0 spiro atoms. The lowest BCUT2D eigenvalue weighted by atomic mass is 9.76. The van der Waals surface area contributed by atoms with E-state index >= 15 is 0 Å². The summed E-state index contributed by atoms with van der Waals surface area (Å²) in [6, 6.07) is 0. The Morgan fingerprint density at radius 1 is 1.05 bits per heavy atom. The van der Waals surface area contributed by atoms with Crippen LogP contribution < -0.4 is 5.32 Å². The molecule has 0 bridgehead atoms. The summed E-state index contributed by atoms with van der Waals surface area (Å²) in [6.45, 7) is 12.4. The number of hydrogen-bond acceptors (Lipinski definition) is 1. The Morgan fingerprint density at radius 2 is 1.76 bits per heavy atom. The highest BCUT2D eigenvalue weighted by Crippen LogP contribution is 2.36. The van der Waals surface area contributed by atoms with Gasteiger partial charge in [0.15, 0.2) is 0 Å². The summed E-state index contributed by atoms with van der Waals surface area (Å²) in [7, 11) is 0. The summed E-state index contributed by atoms with van der Waals surface area (Å²) in [6.07, 6.45) is 15.2. The van der Waals surface area contributed by atoms with E-state index in [9.17, 15) is 0 Å². The van der Waals surface area contributed by atoms with Crippen LogP contribution in [-0.4, -0.2) is 6.54 Å². The molecule has 1 unspecified atom stereocenters. The first kappa shape index (κ1) is 18.6. The second kappa shape index (κ2) is 11.2. The Hall–Kier alpha value is -0.460. The van der Waals surface area contributed by atoms with E-state index < -0.39 is 0 Å². The highest BCUT2D eigenvalue weighted by Gasteiger charge is 2.24. The summed E-state index contributed by atoms with van der Waals surface area (Å²) in [5.41, 5.74) is 1.32. The van der Waals surface area contributed by atoms with Crippen LogP contribution in [0.25, 0.3) is 0 Å². The summed E-state index contributed by atoms with van der Waals surface area (Å²) < 4.78 is 0. The zero-order valence-electron chi connectivity index (χ0n) is 14.9. The minimum Gasteiger partial charge on any atom is -0.389 e. The summed E-state index contributed by atoms with van der Waals surface area (Å²) in [4.78, 5) is 0. The fourth-order valence-electron chi connectivity index (χ4n) is 3.88. The number of rotatable bonds is 11. The second-order valence-electron chi connectivity index (χ2n) is 7.18. The Morgan fingerprint density at radius 3 is 2.33 bits per heavy atom. The van der Waals surface area contributed by atoms with E-state index in [1.165, 1.54) is 76.3 Å². The third-order valence-electron chi connectivity index (χ3n) is 5.41. The van der Waals surface area contributed by atoms with E-state index in [0.717, 1.165) is 24.3 Å². The first-order chi connectivity index (χ1) is 10.2. The van der Waals surface area contributed by atoms with Gasteiger partial charge in [-0.05, 0) is 56.3 Å². The predicted molar refractivity (Wildman–Crippen MR) is 95.4 cm³/mol. The van der Waals surface area contributed by atoms with Crippen molar-refractivity contribution in [2.45, 2.75) is 91.4 Å². The van der Waals surface area contributed by atoms with Gasteiger partial charge in [-0.3, -0.25) is 0 Å². The van der Waals surface area contributed by atoms with Crippen LogP contribution in [-0.2, 0) is 0 Å². The number of unbranched alkanes of at least 4 members (excludes halogenated alkanes) is 2. The van der Waals surface area contributed by atoms with Gasteiger partial charge in [-0.1, -0.05) is 59.5 Å². The molecule has 1 N–H and O–H groups in total. The Labute approximate surface area is 134 Å². The van der Waals surface area contributed by atoms with Gasteiger partial charge in [0, 0.05) is 12.2 Å². The maximum atomic E-state index is 4.30. The van der Waals surface area contributed by atoms with Gasteiger partial charge >= 0.3 is 0 Å². The first-order valence-corrected chi connectivity index (χ1v) is 9.63. The highest BCUT2D eigenvalue weighted by atomic mass is 14.9. The van der Waals surface area contributed by atoms with Crippen LogP contribution in [0.2, 0.25) is 0 Å². The lowest BCUT2D eigenvalue weighted by molar-refractivity contribution is 0.239. The Kier molecular flexibility index (Phi) is 9.87. The fourth-order valence-corrected chi connectivity index (χ4v) is 3.88. The molecular weight excluding hydrogens is 254 g/mol. The van der Waals surface area contributed by atoms with E-state index in [1.54, 1.807) is 0 Å². The standard InChI is InChI=1S/C20H39N/c1-5-8-9-15-21-17(4)20-13-11-19(12-14-20)16-18(7-3)10-6-2/h18-21H,4-16H2,1-3H3. The molecule has 21 heavy (non-hydrogen) atoms. The average molecular weight is 294 g/mol. The predicted octanol–water partition coefficient (Wildman–Crippen LogP) is 6.30. The number of allylic oxidation sites excluding steroid dienone is 1. The normalized spacial score (nSPS) is 23.8. The van der Waals surface area contributed by atoms with Crippen LogP contribution >= 0.6 is 0 Å². The van der Waals surface area contributed by atoms with Crippen LogP contribution in [0.15, 0.2) is 12.3 Å². The van der Waals surface area contributed by atoms with Crippen LogP contribution in [0.5, 0.6) is 0 Å². The van der Waals surface area contributed by atoms with E-state index in [-0.39, 0.29) is 0 Å². The van der Waals surface area contributed by atoms with E-state index in [2.05, 4.69) is 32.7 Å². The molecule has 1 saturated carbocycles. The molecule has 1 fully saturated rings. The third kappa shape index (κ3) is 7.38. The molecule has 0 aliphatic heterocycles. The minimum atomic E-state index is 0.745. The molecule has 0 aromatic rings. The Balaban J connectivity index is 2.20. The SMILES string of the molecule is C=C(NCCCCC)C1CCC(CC(CC)CCC)CC1. The topological polar surface area (TPSA) is 12.0 Å². The molecule has 0 saturated heterocycles. The zero-order chi connectivity index (χ0) is 15.5. The molecule has 1 atom stereocenters. The summed E-state index contributed by atoms with van der Waals surface area (Å²) >= 11 is 0. The molecule has 0 aromatic carbocycles. The molecule has 0 amide bonds. The van der Waals surface area contributed by atoms with E-state index in [0.29, 0.717) is 0 Å². The van der Waals surface area contributed by atoms with Crippen molar-refractivity contribution in [2.24, 2.45) is 17.8 Å². The molecule has 1 aliphatic rings. The quantitative estimate of drug-likeness (QED) is 0.441. The van der Waals surface area contributed by atoms with E-state index in [1.807, 2.05) is 0 Å². The third-order valence-corrected chi connectivity index (χ3v) is 5.41. The number of nitrogens with one attached hydrogen (secondary N) is 1. The first-order valence-electron chi connectivity index (χ1n) is 9.63. The molecule has 0 aromatic heterocycles. The molecule has 1 nitrogen and oxygen atoms in total. The molecular formula is C20H39N. The van der Waals surface area contributed by atoms with Crippen molar-refractivity contribution >= 4 is 0 Å². The second-order valence-corrected chi connectivity index (χ2v) is 7.18. The van der Waals surface area contributed by atoms with Gasteiger partial charge in [0.1, 0.15) is 0 Å². The summed E-state index contributed by atoms with van der Waals surface area (Å²) in [5, 5.41) is 3.58. The van der Waals surface area contributed by atoms with Gasteiger partial charge in [0.05, 0.1) is 0 Å². The summed E-state index contributed by atoms with van der Waals surface area (Å²) in [5.74, 6) is 2.71. The van der Waals surface area contributed by atoms with Gasteiger partial charge in [-0.2, -0.15) is 0 Å². The van der Waals surface area contributed by atoms with Gasteiger partial charge in [-0.15, -0.1) is 0 Å². The zero-order valence-corrected chi connectivity index (χ0v) is 14.9. The Bertz CT molecular complexity index is 263. The van der Waals surface area contributed by atoms with Crippen LogP contribution in [0.3, 0.4) is 0 Å². The van der Waals surface area contributed by atoms with Gasteiger partial charge in [0.25, 0.3) is 0 Å². The fraction of sp³-hybridized carbons (Fsp3) is 0.900. The van der Waals surface area contributed by atoms with Crippen LogP contribution in [0.1, 0.15) is 91.4 Å². The van der Waals surface area contributed by atoms with Gasteiger partial charge in [-0.25, -0.2) is 0 Å². The average Bonchev–Trinajstić information content (AvgIpc) is 2.51. The van der Waals surface area contributed by atoms with Crippen molar-refractivity contribution in [2.75, 3.05) is 6.54 Å². The lowest BCUT2D eigenvalue weighted by Crippen LogP contribution is -2.25. The molecule has 1 rings (SSSR count). The molecule has 0 heterocycles. The van der Waals surface area contributed by atoms with Crippen molar-refractivity contribution in [1.29, 1.82) is 0 Å². The minimum absolute atomic E-state index is 0.745. The van der Waals surface area contributed by atoms with Crippen molar-refractivity contribution < 1.29 is 0 Å². The van der Waals surface area contributed by atoms with Gasteiger partial charge in [0.2, 0.25) is 0 Å². The lowest BCUT2D eigenvalue weighted by Gasteiger charge is -2.32. The van der Waals surface area contributed by atoms with Crippen LogP contribution in [0.4, 0.5) is 0 Å². The molecule has 1 aliphatic carbocycles. The van der Waals surface area contributed by atoms with Crippen molar-refractivity contribution in [1.82, 2.24) is 5.32 Å². The maximum absolute atomic E-state index is 4.30. The van der Waals surface area contributed by atoms with Crippen molar-refractivity contribution in [3.63, 3.8) is 0 Å². The largest absolute Gasteiger partial charge is 0.389 e. The maximum Gasteiger partial charge on any atom is 0.0143 e. The van der Waals surface area contributed by atoms with Crippen molar-refractivity contribution in [3.05, 3.63) is 12.3 Å². The number of hydrogen-bond donors (Lipinski definition) is 1. The van der Waals surface area contributed by atoms with Crippen molar-refractivity contribution in [3.8, 4) is 0 Å². The van der Waals surface area contributed by atoms with Crippen LogP contribution in [0, 0.1) is 17.8 Å². The molecule has 124 valence electrons. The molecule has 0 radical (unpaired) electrons.